The van der Waals surface area contributed by atoms with Crippen LogP contribution in [0.3, 0.4) is 0 Å². The van der Waals surface area contributed by atoms with Crippen LogP contribution in [-0.2, 0) is 19.6 Å². The largest absolute Gasteiger partial charge is 0.493 e. The van der Waals surface area contributed by atoms with Crippen LogP contribution in [0.15, 0.2) is 35.7 Å². The molecule has 3 rings (SSSR count). The second kappa shape index (κ2) is 10.1. The standard InChI is InChI=1S/C20H27N3O6S/c1-15(17-4-2-5-18(12-17)29-13-16-6-7-16)22-30(26,27)11-3-10-28-14-23-9-8-19(24)21-20(23)25/h2-5,11-12,15-16,22H,6-10,13-14H2,1H3,(H,21,24,25)/b11-3+/t15-/m1/s1. The molecular weight excluding hydrogens is 410 g/mol. The van der Waals surface area contributed by atoms with E-state index in [2.05, 4.69) is 10.0 Å². The van der Waals surface area contributed by atoms with E-state index in [-0.39, 0.29) is 32.2 Å². The molecule has 30 heavy (non-hydrogen) atoms. The van der Waals surface area contributed by atoms with Gasteiger partial charge >= 0.3 is 6.03 Å². The summed E-state index contributed by atoms with van der Waals surface area (Å²) in [6, 6.07) is 6.45. The highest BCUT2D eigenvalue weighted by Gasteiger charge is 2.23. The number of carbonyl (C=O) groups excluding carboxylic acids is 2. The SMILES string of the molecule is C[C@@H](NS(=O)(=O)/C=C/COCN1CCC(=O)NC1=O)c1cccc(OCC2CC2)c1. The van der Waals surface area contributed by atoms with Gasteiger partial charge in [-0.2, -0.15) is 0 Å². The molecule has 3 amide bonds. The monoisotopic (exact) mass is 437 g/mol. The Kier molecular flexibility index (Phi) is 7.46. The molecule has 10 heteroatoms. The Balaban J connectivity index is 1.43. The van der Waals surface area contributed by atoms with E-state index in [1.807, 2.05) is 24.3 Å². The fourth-order valence-electron chi connectivity index (χ4n) is 2.84. The van der Waals surface area contributed by atoms with Crippen molar-refractivity contribution in [1.29, 1.82) is 0 Å². The molecule has 2 aliphatic rings. The van der Waals surface area contributed by atoms with Crippen LogP contribution < -0.4 is 14.8 Å². The van der Waals surface area contributed by atoms with E-state index >= 15 is 0 Å². The summed E-state index contributed by atoms with van der Waals surface area (Å²) in [5.41, 5.74) is 0.808. The van der Waals surface area contributed by atoms with Crippen molar-refractivity contribution in [3.05, 3.63) is 41.3 Å². The highest BCUT2D eigenvalue weighted by molar-refractivity contribution is 7.92. The van der Waals surface area contributed by atoms with Crippen molar-refractivity contribution in [2.45, 2.75) is 32.2 Å². The van der Waals surface area contributed by atoms with E-state index in [1.54, 1.807) is 6.92 Å². The highest BCUT2D eigenvalue weighted by atomic mass is 32.2. The zero-order valence-electron chi connectivity index (χ0n) is 16.9. The Bertz CT molecular complexity index is 898. The Morgan fingerprint density at radius 3 is 2.87 bits per heavy atom. The van der Waals surface area contributed by atoms with Crippen molar-refractivity contribution in [2.24, 2.45) is 5.92 Å². The Hall–Kier alpha value is -2.43. The molecule has 1 saturated heterocycles. The lowest BCUT2D eigenvalue weighted by Gasteiger charge is -2.25. The van der Waals surface area contributed by atoms with Gasteiger partial charge in [0.25, 0.3) is 0 Å². The van der Waals surface area contributed by atoms with Gasteiger partial charge in [-0.15, -0.1) is 0 Å². The number of benzene rings is 1. The topological polar surface area (TPSA) is 114 Å². The van der Waals surface area contributed by atoms with Gasteiger partial charge in [0.05, 0.1) is 13.2 Å². The number of hydrogen-bond donors (Lipinski definition) is 2. The van der Waals surface area contributed by atoms with Gasteiger partial charge in [0.1, 0.15) is 12.5 Å². The first kappa shape index (κ1) is 22.3. The van der Waals surface area contributed by atoms with Gasteiger partial charge in [0.2, 0.25) is 15.9 Å². The summed E-state index contributed by atoms with van der Waals surface area (Å²) in [6.07, 6.45) is 3.98. The minimum atomic E-state index is -3.67. The number of sulfonamides is 1. The van der Waals surface area contributed by atoms with Crippen molar-refractivity contribution in [3.63, 3.8) is 0 Å². The average molecular weight is 438 g/mol. The van der Waals surface area contributed by atoms with Crippen LogP contribution in [-0.4, -0.2) is 51.7 Å². The summed E-state index contributed by atoms with van der Waals surface area (Å²) < 4.78 is 38.2. The third kappa shape index (κ3) is 7.12. The first-order valence-electron chi connectivity index (χ1n) is 9.90. The van der Waals surface area contributed by atoms with E-state index in [0.717, 1.165) is 16.7 Å². The number of rotatable bonds is 11. The lowest BCUT2D eigenvalue weighted by Crippen LogP contribution is -2.50. The normalized spacial score (nSPS) is 18.5. The molecule has 0 spiro atoms. The number of urea groups is 1. The van der Waals surface area contributed by atoms with Crippen LogP contribution in [0.5, 0.6) is 5.75 Å². The van der Waals surface area contributed by atoms with Crippen LogP contribution in [0.2, 0.25) is 0 Å². The number of imide groups is 1. The van der Waals surface area contributed by atoms with Gasteiger partial charge in [-0.25, -0.2) is 17.9 Å². The van der Waals surface area contributed by atoms with Gasteiger partial charge in [0, 0.05) is 24.4 Å². The number of nitrogens with one attached hydrogen (secondary N) is 2. The summed E-state index contributed by atoms with van der Waals surface area (Å²) in [5.74, 6) is 1.06. The average Bonchev–Trinajstić information content (AvgIpc) is 3.52. The third-order valence-electron chi connectivity index (χ3n) is 4.76. The third-order valence-corrected chi connectivity index (χ3v) is 5.99. The molecule has 1 aliphatic carbocycles. The lowest BCUT2D eigenvalue weighted by atomic mass is 10.1. The molecular formula is C20H27N3O6S. The number of ether oxygens (including phenoxy) is 2. The van der Waals surface area contributed by atoms with E-state index in [4.69, 9.17) is 9.47 Å². The number of carbonyl (C=O) groups is 2. The van der Waals surface area contributed by atoms with Gasteiger partial charge in [-0.05, 0) is 49.5 Å². The quantitative estimate of drug-likeness (QED) is 0.511. The van der Waals surface area contributed by atoms with Crippen molar-refractivity contribution < 1.29 is 27.5 Å². The van der Waals surface area contributed by atoms with Gasteiger partial charge in [-0.3, -0.25) is 10.1 Å². The summed E-state index contributed by atoms with van der Waals surface area (Å²) in [7, 11) is -3.67. The van der Waals surface area contributed by atoms with E-state index in [9.17, 15) is 18.0 Å². The second-order valence-electron chi connectivity index (χ2n) is 7.45. The van der Waals surface area contributed by atoms with Gasteiger partial charge < -0.3 is 14.4 Å². The Labute approximate surface area is 176 Å². The van der Waals surface area contributed by atoms with Crippen LogP contribution in [0, 0.1) is 5.92 Å². The van der Waals surface area contributed by atoms with Crippen LogP contribution >= 0.6 is 0 Å². The molecule has 2 N–H and O–H groups in total. The van der Waals surface area contributed by atoms with Crippen molar-refractivity contribution in [1.82, 2.24) is 14.9 Å². The summed E-state index contributed by atoms with van der Waals surface area (Å²) in [6.45, 7) is 2.72. The maximum absolute atomic E-state index is 12.3. The minimum absolute atomic E-state index is 0.0114. The van der Waals surface area contributed by atoms with E-state index in [0.29, 0.717) is 12.5 Å². The molecule has 0 bridgehead atoms. The van der Waals surface area contributed by atoms with Crippen molar-refractivity contribution in [3.8, 4) is 5.75 Å². The van der Waals surface area contributed by atoms with Crippen LogP contribution in [0.25, 0.3) is 0 Å². The predicted octanol–water partition coefficient (Wildman–Crippen LogP) is 1.89. The summed E-state index contributed by atoms with van der Waals surface area (Å²) in [5, 5.41) is 3.23. The van der Waals surface area contributed by atoms with E-state index < -0.39 is 22.1 Å². The first-order chi connectivity index (χ1) is 14.3. The Morgan fingerprint density at radius 1 is 1.33 bits per heavy atom. The molecule has 1 heterocycles. The molecule has 1 saturated carbocycles. The fraction of sp³-hybridized carbons (Fsp3) is 0.500. The van der Waals surface area contributed by atoms with Gasteiger partial charge in [-0.1, -0.05) is 12.1 Å². The molecule has 9 nitrogen and oxygen atoms in total. The second-order valence-corrected chi connectivity index (χ2v) is 9.05. The molecule has 164 valence electrons. The molecule has 0 aromatic heterocycles. The zero-order chi connectivity index (χ0) is 21.6. The first-order valence-corrected chi connectivity index (χ1v) is 11.4. The summed E-state index contributed by atoms with van der Waals surface area (Å²) in [4.78, 5) is 24.0. The molecule has 1 aromatic carbocycles. The molecule has 1 aromatic rings. The molecule has 0 unspecified atom stereocenters. The van der Waals surface area contributed by atoms with E-state index in [1.165, 1.54) is 23.8 Å². The zero-order valence-corrected chi connectivity index (χ0v) is 17.7. The van der Waals surface area contributed by atoms with Gasteiger partial charge in [0.15, 0.2) is 0 Å². The van der Waals surface area contributed by atoms with Crippen LogP contribution in [0.1, 0.15) is 37.8 Å². The highest BCUT2D eigenvalue weighted by Crippen LogP contribution is 2.30. The fourth-order valence-corrected chi connectivity index (χ4v) is 3.88. The van der Waals surface area contributed by atoms with Crippen molar-refractivity contribution in [2.75, 3.05) is 26.5 Å². The maximum Gasteiger partial charge on any atom is 0.325 e. The molecule has 1 atom stereocenters. The molecule has 0 radical (unpaired) electrons. The molecule has 2 fully saturated rings. The number of hydrogen-bond acceptors (Lipinski definition) is 6. The summed E-state index contributed by atoms with van der Waals surface area (Å²) >= 11 is 0. The number of amides is 3. The molecule has 1 aliphatic heterocycles. The van der Waals surface area contributed by atoms with Crippen molar-refractivity contribution >= 4 is 22.0 Å². The number of nitrogens with zero attached hydrogens (tertiary/aromatic N) is 1. The lowest BCUT2D eigenvalue weighted by molar-refractivity contribution is -0.122. The Morgan fingerprint density at radius 2 is 2.13 bits per heavy atom. The maximum atomic E-state index is 12.3. The smallest absolute Gasteiger partial charge is 0.325 e. The van der Waals surface area contributed by atoms with Crippen LogP contribution in [0.4, 0.5) is 4.79 Å². The minimum Gasteiger partial charge on any atom is -0.493 e. The predicted molar refractivity (Wildman–Crippen MR) is 110 cm³/mol.